The lowest BCUT2D eigenvalue weighted by Crippen LogP contribution is -2.56. The quantitative estimate of drug-likeness (QED) is 0.134. The molecule has 3 unspecified atom stereocenters. The summed E-state index contributed by atoms with van der Waals surface area (Å²) in [7, 11) is -5.80. The van der Waals surface area contributed by atoms with Crippen LogP contribution in [-0.4, -0.2) is 25.5 Å². The van der Waals surface area contributed by atoms with Gasteiger partial charge in [-0.2, -0.15) is 0 Å². The van der Waals surface area contributed by atoms with Crippen LogP contribution in [0, 0.1) is 46.4 Å². The normalized spacial score (nSPS) is 32.8. The van der Waals surface area contributed by atoms with Crippen molar-refractivity contribution in [3.05, 3.63) is 99.6 Å². The average molecular weight is 626 g/mol. The fourth-order valence-electron chi connectivity index (χ4n) is 10.4. The third-order valence-electron chi connectivity index (χ3n) is 11.3. The van der Waals surface area contributed by atoms with Crippen molar-refractivity contribution in [3.63, 3.8) is 0 Å². The first-order valence-electron chi connectivity index (χ1n) is 15.1. The van der Waals surface area contributed by atoms with E-state index in [1.54, 1.807) is 0 Å². The van der Waals surface area contributed by atoms with Crippen LogP contribution in [0.3, 0.4) is 0 Å². The lowest BCUT2D eigenvalue weighted by molar-refractivity contribution is -0.163. The van der Waals surface area contributed by atoms with Gasteiger partial charge in [-0.15, -0.1) is 0 Å². The summed E-state index contributed by atoms with van der Waals surface area (Å²) in [6.45, 7) is 0.0268. The van der Waals surface area contributed by atoms with Crippen molar-refractivity contribution < 1.29 is 40.1 Å². The lowest BCUT2D eigenvalue weighted by atomic mass is 9.43. The maximum absolute atomic E-state index is 15.5. The third-order valence-corrected chi connectivity index (χ3v) is 12.2. The molecule has 0 saturated heterocycles. The van der Waals surface area contributed by atoms with Crippen molar-refractivity contribution in [3.8, 4) is 0 Å². The van der Waals surface area contributed by atoms with Crippen LogP contribution in [0.2, 0.25) is 0 Å². The summed E-state index contributed by atoms with van der Waals surface area (Å²) in [6.07, 6.45) is 3.40. The number of ether oxygens (including phenoxy) is 1. The van der Waals surface area contributed by atoms with Gasteiger partial charge in [0.25, 0.3) is 0 Å². The monoisotopic (exact) mass is 625 g/mol. The molecular formula is C34H29F4O5S-. The number of halogens is 4. The fraction of sp³-hybridized carbons (Fsp3) is 0.441. The highest BCUT2D eigenvalue weighted by molar-refractivity contribution is 7.85. The second-order valence-corrected chi connectivity index (χ2v) is 15.2. The Balaban J connectivity index is 1.10. The molecule has 0 N–H and O–H groups in total. The van der Waals surface area contributed by atoms with E-state index in [0.717, 1.165) is 17.5 Å². The van der Waals surface area contributed by atoms with Gasteiger partial charge in [0.05, 0.1) is 12.5 Å². The topological polar surface area (TPSA) is 83.5 Å². The highest BCUT2D eigenvalue weighted by Crippen LogP contribution is 2.67. The zero-order chi connectivity index (χ0) is 30.8. The minimum Gasteiger partial charge on any atom is -0.744 e. The molecule has 3 aromatic carbocycles. The van der Waals surface area contributed by atoms with Crippen molar-refractivity contribution in [1.29, 1.82) is 0 Å². The molecule has 230 valence electrons. The molecule has 6 bridgehead atoms. The van der Waals surface area contributed by atoms with Crippen molar-refractivity contribution in [2.24, 2.45) is 23.2 Å². The Bertz CT molecular complexity index is 1770. The second kappa shape index (κ2) is 9.39. The van der Waals surface area contributed by atoms with E-state index in [1.165, 1.54) is 11.1 Å². The molecule has 44 heavy (non-hydrogen) atoms. The molecular weight excluding hydrogens is 596 g/mol. The number of carbonyl (C=O) groups excluding carboxylic acids is 1. The van der Waals surface area contributed by atoms with Crippen LogP contribution in [0.4, 0.5) is 17.6 Å². The largest absolute Gasteiger partial charge is 0.744 e. The zero-order valence-electron chi connectivity index (χ0n) is 23.6. The zero-order valence-corrected chi connectivity index (χ0v) is 24.4. The molecule has 7 aliphatic carbocycles. The molecule has 4 saturated carbocycles. The minimum atomic E-state index is -5.80. The standard InChI is InChI=1S/C34H30F4O5S/c35-27-26(28(36)30(38)31(29(27)37)44(40,41)42)34-13-17-9-18(14-34)12-33(11-17,15-34)16-43-32(39)24-10-23-19-5-1-3-7-21(19)25(24)22-8-4-2-6-20(22)23/h1-8,17-18,23-25H,9-16H2,(H,40,41,42)/p-1. The molecule has 0 radical (unpaired) electrons. The summed E-state index contributed by atoms with van der Waals surface area (Å²) in [5.41, 5.74) is 1.92. The summed E-state index contributed by atoms with van der Waals surface area (Å²) in [5, 5.41) is 0. The summed E-state index contributed by atoms with van der Waals surface area (Å²) in [4.78, 5) is 11.7. The lowest BCUT2D eigenvalue weighted by Gasteiger charge is -2.62. The predicted octanol–water partition coefficient (Wildman–Crippen LogP) is 6.83. The van der Waals surface area contributed by atoms with Crippen molar-refractivity contribution in [2.75, 3.05) is 6.61 Å². The van der Waals surface area contributed by atoms with Crippen molar-refractivity contribution >= 4 is 16.1 Å². The highest BCUT2D eigenvalue weighted by atomic mass is 32.2. The molecule has 3 atom stereocenters. The smallest absolute Gasteiger partial charge is 0.309 e. The van der Waals surface area contributed by atoms with Crippen LogP contribution in [0.25, 0.3) is 0 Å². The van der Waals surface area contributed by atoms with Crippen LogP contribution >= 0.6 is 0 Å². The van der Waals surface area contributed by atoms with E-state index >= 15 is 8.78 Å². The Morgan fingerprint density at radius 2 is 1.32 bits per heavy atom. The molecule has 10 heteroatoms. The van der Waals surface area contributed by atoms with Crippen LogP contribution in [0.15, 0.2) is 53.4 Å². The fourth-order valence-corrected chi connectivity index (χ4v) is 11.0. The highest BCUT2D eigenvalue weighted by Gasteiger charge is 2.61. The maximum atomic E-state index is 15.5. The van der Waals surface area contributed by atoms with E-state index in [0.29, 0.717) is 19.3 Å². The number of esters is 1. The molecule has 3 aromatic rings. The number of hydrogen-bond donors (Lipinski definition) is 0. The molecule has 5 nitrogen and oxygen atoms in total. The van der Waals surface area contributed by atoms with E-state index in [-0.39, 0.29) is 55.5 Å². The Morgan fingerprint density at radius 1 is 0.795 bits per heavy atom. The Labute approximate surface area is 252 Å². The number of rotatable bonds is 5. The first-order valence-corrected chi connectivity index (χ1v) is 16.5. The molecule has 0 aromatic heterocycles. The minimum absolute atomic E-state index is 0.00719. The molecule has 0 amide bonds. The van der Waals surface area contributed by atoms with Gasteiger partial charge in [0.15, 0.2) is 23.3 Å². The van der Waals surface area contributed by atoms with Crippen LogP contribution in [0.1, 0.15) is 84.6 Å². The number of carbonyl (C=O) groups is 1. The maximum Gasteiger partial charge on any atom is 0.309 e. The Kier molecular flexibility index (Phi) is 6.03. The summed E-state index contributed by atoms with van der Waals surface area (Å²) in [6, 6.07) is 16.3. The van der Waals surface area contributed by atoms with Crippen LogP contribution in [-0.2, 0) is 25.1 Å². The van der Waals surface area contributed by atoms with E-state index in [1.807, 2.05) is 24.3 Å². The van der Waals surface area contributed by atoms with Gasteiger partial charge < -0.3 is 9.29 Å². The average Bonchev–Trinajstić information content (AvgIpc) is 2.97. The van der Waals surface area contributed by atoms with Crippen LogP contribution < -0.4 is 0 Å². The van der Waals surface area contributed by atoms with Gasteiger partial charge in [-0.05, 0) is 79.0 Å². The summed E-state index contributed by atoms with van der Waals surface area (Å²) < 4.78 is 101. The number of fused-ring (bicyclic) bond motifs is 1. The summed E-state index contributed by atoms with van der Waals surface area (Å²) >= 11 is 0. The first-order chi connectivity index (χ1) is 20.9. The van der Waals surface area contributed by atoms with Gasteiger partial charge in [-0.25, -0.2) is 26.0 Å². The molecule has 0 spiro atoms. The second-order valence-electron chi connectivity index (χ2n) is 13.9. The molecule has 7 aliphatic rings. The van der Waals surface area contributed by atoms with E-state index in [2.05, 4.69) is 24.3 Å². The number of benzene rings is 3. The van der Waals surface area contributed by atoms with Gasteiger partial charge in [0.2, 0.25) is 0 Å². The molecule has 0 aliphatic heterocycles. The third kappa shape index (κ3) is 3.92. The van der Waals surface area contributed by atoms with E-state index in [4.69, 9.17) is 4.74 Å². The Hall–Kier alpha value is -3.24. The number of hydrogen-bond acceptors (Lipinski definition) is 5. The SMILES string of the molecule is O=C(OCC12CC3CC(C1)CC(c1c(F)c(F)c(S(=O)(=O)[O-])c(F)c1F)(C3)C2)C1CC2c3ccccc3C1c1ccccc12. The van der Waals surface area contributed by atoms with E-state index in [9.17, 15) is 26.5 Å². The van der Waals surface area contributed by atoms with E-state index < -0.39 is 60.6 Å². The molecule has 4 fully saturated rings. The van der Waals surface area contributed by atoms with Crippen LogP contribution in [0.5, 0.6) is 0 Å². The molecule has 0 heterocycles. The van der Waals surface area contributed by atoms with Gasteiger partial charge in [0.1, 0.15) is 15.0 Å². The van der Waals surface area contributed by atoms with Gasteiger partial charge >= 0.3 is 5.97 Å². The first kappa shape index (κ1) is 28.2. The van der Waals surface area contributed by atoms with Gasteiger partial charge in [-0.3, -0.25) is 4.79 Å². The predicted molar refractivity (Wildman–Crippen MR) is 149 cm³/mol. The van der Waals surface area contributed by atoms with Gasteiger partial charge in [-0.1, -0.05) is 48.5 Å². The van der Waals surface area contributed by atoms with Crippen molar-refractivity contribution in [1.82, 2.24) is 0 Å². The van der Waals surface area contributed by atoms with Gasteiger partial charge in [0, 0.05) is 28.2 Å². The molecule has 10 rings (SSSR count). The Morgan fingerprint density at radius 3 is 1.84 bits per heavy atom. The van der Waals surface area contributed by atoms with Crippen molar-refractivity contribution in [2.45, 2.75) is 67.1 Å². The summed E-state index contributed by atoms with van der Waals surface area (Å²) in [5.74, 6) is -8.83.